The second-order valence-electron chi connectivity index (χ2n) is 6.07. The van der Waals surface area contributed by atoms with E-state index < -0.39 is 0 Å². The lowest BCUT2D eigenvalue weighted by atomic mass is 9.98. The molecule has 1 aromatic carbocycles. The summed E-state index contributed by atoms with van der Waals surface area (Å²) in [5, 5.41) is 13.7. The smallest absolute Gasteiger partial charge is 0.0693 e. The molecule has 2 atom stereocenters. The number of nitrogens with one attached hydrogen (secondary N) is 1. The quantitative estimate of drug-likeness (QED) is 0.817. The van der Waals surface area contributed by atoms with Crippen molar-refractivity contribution in [2.24, 2.45) is 0 Å². The maximum atomic E-state index is 10.1. The van der Waals surface area contributed by atoms with Crippen LogP contribution in [0.5, 0.6) is 0 Å². The van der Waals surface area contributed by atoms with Crippen LogP contribution in [0.3, 0.4) is 0 Å². The predicted molar refractivity (Wildman–Crippen MR) is 80.4 cm³/mol. The molecule has 0 radical (unpaired) electrons. The molecular formula is C17H27NO. The minimum atomic E-state index is -0.173. The van der Waals surface area contributed by atoms with E-state index in [-0.39, 0.29) is 12.1 Å². The molecule has 0 spiro atoms. The summed E-state index contributed by atoms with van der Waals surface area (Å²) in [6, 6.07) is 4.75. The minimum Gasteiger partial charge on any atom is -0.392 e. The largest absolute Gasteiger partial charge is 0.392 e. The van der Waals surface area contributed by atoms with Gasteiger partial charge in [0.1, 0.15) is 0 Å². The zero-order valence-corrected chi connectivity index (χ0v) is 12.5. The van der Waals surface area contributed by atoms with Gasteiger partial charge in [0.05, 0.1) is 6.10 Å². The summed E-state index contributed by atoms with van der Waals surface area (Å²) in [5.41, 5.74) is 5.43. The topological polar surface area (TPSA) is 32.3 Å². The Morgan fingerprint density at radius 1 is 1.05 bits per heavy atom. The molecular weight excluding hydrogens is 234 g/mol. The fraction of sp³-hybridized carbons (Fsp3) is 0.647. The average molecular weight is 261 g/mol. The van der Waals surface area contributed by atoms with Gasteiger partial charge in [0.25, 0.3) is 0 Å². The van der Waals surface area contributed by atoms with Crippen molar-refractivity contribution < 1.29 is 5.11 Å². The van der Waals surface area contributed by atoms with E-state index in [1.807, 2.05) is 0 Å². The van der Waals surface area contributed by atoms with E-state index in [0.717, 1.165) is 19.4 Å². The second-order valence-corrected chi connectivity index (χ2v) is 6.07. The summed E-state index contributed by atoms with van der Waals surface area (Å²) in [6.45, 7) is 7.38. The average Bonchev–Trinajstić information content (AvgIpc) is 2.53. The van der Waals surface area contributed by atoms with Gasteiger partial charge in [0.15, 0.2) is 0 Å². The lowest BCUT2D eigenvalue weighted by Crippen LogP contribution is -2.38. The Balaban J connectivity index is 2.01. The van der Waals surface area contributed by atoms with Crippen molar-refractivity contribution in [1.82, 2.24) is 5.32 Å². The third-order valence-corrected chi connectivity index (χ3v) is 4.36. The van der Waals surface area contributed by atoms with Gasteiger partial charge < -0.3 is 10.4 Å². The standard InChI is InChI=1S/C17H27NO/c1-12-9-13(2)15(14(3)10-12)11-18-16-7-5-4-6-8-17(16)19/h9-10,16-19H,4-8,11H2,1-3H3. The van der Waals surface area contributed by atoms with E-state index in [4.69, 9.17) is 0 Å². The summed E-state index contributed by atoms with van der Waals surface area (Å²) >= 11 is 0. The van der Waals surface area contributed by atoms with Crippen molar-refractivity contribution in [3.63, 3.8) is 0 Å². The molecule has 2 N–H and O–H groups in total. The van der Waals surface area contributed by atoms with E-state index in [0.29, 0.717) is 0 Å². The van der Waals surface area contributed by atoms with E-state index in [2.05, 4.69) is 38.2 Å². The second kappa shape index (κ2) is 6.53. The molecule has 2 nitrogen and oxygen atoms in total. The van der Waals surface area contributed by atoms with Crippen molar-refractivity contribution in [2.75, 3.05) is 0 Å². The molecule has 0 bridgehead atoms. The van der Waals surface area contributed by atoms with Gasteiger partial charge in [-0.3, -0.25) is 0 Å². The molecule has 1 aliphatic rings. The molecule has 0 aliphatic heterocycles. The molecule has 2 heteroatoms. The predicted octanol–water partition coefficient (Wildman–Crippen LogP) is 3.40. The molecule has 2 unspecified atom stereocenters. The van der Waals surface area contributed by atoms with Gasteiger partial charge in [-0.05, 0) is 50.3 Å². The van der Waals surface area contributed by atoms with Crippen LogP contribution in [-0.4, -0.2) is 17.3 Å². The number of hydrogen-bond donors (Lipinski definition) is 2. The van der Waals surface area contributed by atoms with Crippen LogP contribution < -0.4 is 5.32 Å². The van der Waals surface area contributed by atoms with Gasteiger partial charge in [0.2, 0.25) is 0 Å². The third-order valence-electron chi connectivity index (χ3n) is 4.36. The third kappa shape index (κ3) is 3.80. The molecule has 0 amide bonds. The van der Waals surface area contributed by atoms with E-state index in [1.54, 1.807) is 0 Å². The molecule has 1 saturated carbocycles. The van der Waals surface area contributed by atoms with Crippen molar-refractivity contribution in [1.29, 1.82) is 0 Å². The van der Waals surface area contributed by atoms with Crippen LogP contribution in [-0.2, 0) is 6.54 Å². The molecule has 0 saturated heterocycles. The zero-order valence-electron chi connectivity index (χ0n) is 12.5. The van der Waals surface area contributed by atoms with Gasteiger partial charge in [-0.25, -0.2) is 0 Å². The van der Waals surface area contributed by atoms with Crippen molar-refractivity contribution >= 4 is 0 Å². The molecule has 1 aliphatic carbocycles. The van der Waals surface area contributed by atoms with Gasteiger partial charge in [-0.1, -0.05) is 37.0 Å². The first-order chi connectivity index (χ1) is 9.08. The number of aliphatic hydroxyl groups is 1. The minimum absolute atomic E-state index is 0.173. The van der Waals surface area contributed by atoms with Crippen molar-refractivity contribution in [3.05, 3.63) is 34.4 Å². The highest BCUT2D eigenvalue weighted by Gasteiger charge is 2.21. The maximum Gasteiger partial charge on any atom is 0.0693 e. The number of hydrogen-bond acceptors (Lipinski definition) is 2. The van der Waals surface area contributed by atoms with Crippen LogP contribution in [0.4, 0.5) is 0 Å². The Morgan fingerprint density at radius 2 is 1.68 bits per heavy atom. The van der Waals surface area contributed by atoms with Crippen molar-refractivity contribution in [3.8, 4) is 0 Å². The SMILES string of the molecule is Cc1cc(C)c(CNC2CCCCCC2O)c(C)c1. The van der Waals surface area contributed by atoms with Crippen LogP contribution in [0, 0.1) is 20.8 Å². The molecule has 1 aromatic rings. The Kier molecular flexibility index (Phi) is 5.00. The van der Waals surface area contributed by atoms with Crippen LogP contribution >= 0.6 is 0 Å². The van der Waals surface area contributed by atoms with Crippen LogP contribution in [0.15, 0.2) is 12.1 Å². The molecule has 0 heterocycles. The highest BCUT2D eigenvalue weighted by molar-refractivity contribution is 5.37. The highest BCUT2D eigenvalue weighted by atomic mass is 16.3. The van der Waals surface area contributed by atoms with E-state index in [9.17, 15) is 5.11 Å². The summed E-state index contributed by atoms with van der Waals surface area (Å²) in [6.07, 6.45) is 5.54. The Bertz CT molecular complexity index is 404. The monoisotopic (exact) mass is 261 g/mol. The lowest BCUT2D eigenvalue weighted by molar-refractivity contribution is 0.119. The summed E-state index contributed by atoms with van der Waals surface area (Å²) in [4.78, 5) is 0. The molecule has 19 heavy (non-hydrogen) atoms. The van der Waals surface area contributed by atoms with Gasteiger partial charge in [-0.2, -0.15) is 0 Å². The van der Waals surface area contributed by atoms with E-state index in [1.165, 1.54) is 41.5 Å². The summed E-state index contributed by atoms with van der Waals surface area (Å²) in [5.74, 6) is 0. The van der Waals surface area contributed by atoms with Gasteiger partial charge in [0, 0.05) is 12.6 Å². The van der Waals surface area contributed by atoms with Crippen LogP contribution in [0.1, 0.15) is 54.4 Å². The van der Waals surface area contributed by atoms with E-state index >= 15 is 0 Å². The fourth-order valence-corrected chi connectivity index (χ4v) is 3.25. The van der Waals surface area contributed by atoms with Crippen LogP contribution in [0.25, 0.3) is 0 Å². The lowest BCUT2D eigenvalue weighted by Gasteiger charge is -2.23. The fourth-order valence-electron chi connectivity index (χ4n) is 3.25. The Hall–Kier alpha value is -0.860. The summed E-state index contributed by atoms with van der Waals surface area (Å²) < 4.78 is 0. The first-order valence-electron chi connectivity index (χ1n) is 7.56. The first-order valence-corrected chi connectivity index (χ1v) is 7.56. The first kappa shape index (κ1) is 14.5. The Labute approximate surface area is 117 Å². The zero-order chi connectivity index (χ0) is 13.8. The van der Waals surface area contributed by atoms with Gasteiger partial charge >= 0.3 is 0 Å². The molecule has 0 aromatic heterocycles. The number of benzene rings is 1. The van der Waals surface area contributed by atoms with Crippen molar-refractivity contribution in [2.45, 2.75) is 71.6 Å². The number of aliphatic hydroxyl groups excluding tert-OH is 1. The van der Waals surface area contributed by atoms with Gasteiger partial charge in [-0.15, -0.1) is 0 Å². The number of rotatable bonds is 3. The Morgan fingerprint density at radius 3 is 2.37 bits per heavy atom. The van der Waals surface area contributed by atoms with Crippen LogP contribution in [0.2, 0.25) is 0 Å². The normalized spacial score (nSPS) is 24.2. The molecule has 106 valence electrons. The molecule has 2 rings (SSSR count). The summed E-state index contributed by atoms with van der Waals surface area (Å²) in [7, 11) is 0. The molecule has 1 fully saturated rings. The highest BCUT2D eigenvalue weighted by Crippen LogP contribution is 2.20. The maximum absolute atomic E-state index is 10.1. The number of aryl methyl sites for hydroxylation is 3.